The topological polar surface area (TPSA) is 9.23 Å². The Bertz CT molecular complexity index is 99.6. The summed E-state index contributed by atoms with van der Waals surface area (Å²) in [7, 11) is 0. The smallest absolute Gasteiger partial charge is 0.105 e. The van der Waals surface area contributed by atoms with E-state index in [0.717, 1.165) is 6.61 Å². The Morgan fingerprint density at radius 3 is 3.25 bits per heavy atom. The molecule has 0 aromatic carbocycles. The lowest BCUT2D eigenvalue weighted by atomic mass is 10.2. The van der Waals surface area contributed by atoms with E-state index < -0.39 is 0 Å². The Labute approximate surface area is 49.7 Å². The van der Waals surface area contributed by atoms with Crippen LogP contribution in [0, 0.1) is 5.92 Å². The predicted molar refractivity (Wildman–Crippen MR) is 33.4 cm³/mol. The highest BCUT2D eigenvalue weighted by molar-refractivity contribution is 4.99. The van der Waals surface area contributed by atoms with Gasteiger partial charge < -0.3 is 4.74 Å². The van der Waals surface area contributed by atoms with Crippen LogP contribution < -0.4 is 0 Å². The first kappa shape index (κ1) is 5.42. The maximum absolute atomic E-state index is 5.00. The Morgan fingerprint density at radius 2 is 2.38 bits per heavy atom. The van der Waals surface area contributed by atoms with Crippen molar-refractivity contribution in [3.05, 3.63) is 24.5 Å². The first-order valence-electron chi connectivity index (χ1n) is 2.84. The summed E-state index contributed by atoms with van der Waals surface area (Å²) >= 11 is 0. The molecule has 1 atom stereocenters. The van der Waals surface area contributed by atoms with Crippen molar-refractivity contribution in [2.24, 2.45) is 5.92 Å². The van der Waals surface area contributed by atoms with Gasteiger partial charge in [0, 0.05) is 0 Å². The molecule has 0 saturated heterocycles. The van der Waals surface area contributed by atoms with Crippen LogP contribution in [0.2, 0.25) is 0 Å². The van der Waals surface area contributed by atoms with Crippen LogP contribution in [0.5, 0.6) is 0 Å². The van der Waals surface area contributed by atoms with E-state index in [9.17, 15) is 0 Å². The standard InChI is InChI=1S/C7H10O/c1-7-3-2-5-8-6-4-7/h2-4,6-7H,5H2,1H3. The molecule has 0 spiro atoms. The Kier molecular flexibility index (Phi) is 1.73. The van der Waals surface area contributed by atoms with Gasteiger partial charge in [-0.25, -0.2) is 0 Å². The maximum atomic E-state index is 5.00. The van der Waals surface area contributed by atoms with E-state index in [2.05, 4.69) is 13.0 Å². The number of hydrogen-bond acceptors (Lipinski definition) is 1. The van der Waals surface area contributed by atoms with Crippen molar-refractivity contribution in [2.45, 2.75) is 6.92 Å². The van der Waals surface area contributed by atoms with Gasteiger partial charge in [-0.2, -0.15) is 0 Å². The van der Waals surface area contributed by atoms with E-state index in [1.807, 2.05) is 12.2 Å². The molecular formula is C7H10O. The Balaban J connectivity index is 2.51. The van der Waals surface area contributed by atoms with Gasteiger partial charge in [-0.1, -0.05) is 19.1 Å². The molecule has 0 saturated carbocycles. The van der Waals surface area contributed by atoms with E-state index in [1.54, 1.807) is 6.26 Å². The summed E-state index contributed by atoms with van der Waals surface area (Å²) in [6.07, 6.45) is 7.95. The van der Waals surface area contributed by atoms with Crippen LogP contribution in [0.25, 0.3) is 0 Å². The summed E-state index contributed by atoms with van der Waals surface area (Å²) in [5, 5.41) is 0. The number of hydrogen-bond donors (Lipinski definition) is 0. The number of allylic oxidation sites excluding steroid dienone is 2. The molecule has 0 aromatic rings. The highest BCUT2D eigenvalue weighted by Crippen LogP contribution is 2.02. The van der Waals surface area contributed by atoms with Gasteiger partial charge in [0.15, 0.2) is 0 Å². The molecule has 1 aliphatic rings. The fourth-order valence-electron chi connectivity index (χ4n) is 0.625. The van der Waals surface area contributed by atoms with E-state index in [1.165, 1.54) is 0 Å². The number of ether oxygens (including phenoxy) is 1. The second-order valence-corrected chi connectivity index (χ2v) is 1.95. The summed E-state index contributed by atoms with van der Waals surface area (Å²) in [6, 6.07) is 0. The van der Waals surface area contributed by atoms with Gasteiger partial charge in [0.1, 0.15) is 6.61 Å². The first-order valence-corrected chi connectivity index (χ1v) is 2.84. The molecule has 1 aliphatic heterocycles. The van der Waals surface area contributed by atoms with Crippen LogP contribution in [0.3, 0.4) is 0 Å². The molecule has 0 amide bonds. The molecule has 1 nitrogen and oxygen atoms in total. The quantitative estimate of drug-likeness (QED) is 0.431. The molecule has 0 N–H and O–H groups in total. The van der Waals surface area contributed by atoms with Gasteiger partial charge in [0.25, 0.3) is 0 Å². The van der Waals surface area contributed by atoms with Crippen LogP contribution >= 0.6 is 0 Å². The highest BCUT2D eigenvalue weighted by atomic mass is 16.5. The van der Waals surface area contributed by atoms with E-state index >= 15 is 0 Å². The van der Waals surface area contributed by atoms with Crippen molar-refractivity contribution < 1.29 is 4.74 Å². The minimum atomic E-state index is 0.539. The molecule has 8 heavy (non-hydrogen) atoms. The van der Waals surface area contributed by atoms with Crippen LogP contribution in [-0.4, -0.2) is 6.61 Å². The molecule has 1 rings (SSSR count). The average molecular weight is 110 g/mol. The third kappa shape index (κ3) is 1.41. The lowest BCUT2D eigenvalue weighted by molar-refractivity contribution is 0.290. The van der Waals surface area contributed by atoms with Crippen LogP contribution in [0.1, 0.15) is 6.92 Å². The maximum Gasteiger partial charge on any atom is 0.105 e. The predicted octanol–water partition coefficient (Wildman–Crippen LogP) is 1.72. The first-order chi connectivity index (χ1) is 3.89. The molecule has 0 aromatic heterocycles. The summed E-state index contributed by atoms with van der Waals surface area (Å²) in [5.41, 5.74) is 0. The van der Waals surface area contributed by atoms with Crippen molar-refractivity contribution in [1.29, 1.82) is 0 Å². The normalized spacial score (nSPS) is 26.9. The van der Waals surface area contributed by atoms with Crippen molar-refractivity contribution in [3.63, 3.8) is 0 Å². The minimum Gasteiger partial charge on any atom is -0.497 e. The molecule has 0 fully saturated rings. The zero-order valence-electron chi connectivity index (χ0n) is 5.00. The van der Waals surface area contributed by atoms with Gasteiger partial charge >= 0.3 is 0 Å². The highest BCUT2D eigenvalue weighted by Gasteiger charge is 1.91. The summed E-state index contributed by atoms with van der Waals surface area (Å²) in [5.74, 6) is 0.539. The minimum absolute atomic E-state index is 0.539. The lowest BCUT2D eigenvalue weighted by Gasteiger charge is -1.89. The summed E-state index contributed by atoms with van der Waals surface area (Å²) in [6.45, 7) is 2.85. The molecule has 1 heterocycles. The van der Waals surface area contributed by atoms with Crippen molar-refractivity contribution in [2.75, 3.05) is 6.61 Å². The lowest BCUT2D eigenvalue weighted by Crippen LogP contribution is -1.77. The Hall–Kier alpha value is -0.720. The fraction of sp³-hybridized carbons (Fsp3) is 0.429. The SMILES string of the molecule is CC1C=CCOC=C1. The van der Waals surface area contributed by atoms with Gasteiger partial charge in [-0.15, -0.1) is 0 Å². The zero-order valence-corrected chi connectivity index (χ0v) is 5.00. The van der Waals surface area contributed by atoms with Crippen LogP contribution in [0.4, 0.5) is 0 Å². The largest absolute Gasteiger partial charge is 0.497 e. The molecule has 1 heteroatoms. The summed E-state index contributed by atoms with van der Waals surface area (Å²) in [4.78, 5) is 0. The van der Waals surface area contributed by atoms with E-state index in [-0.39, 0.29) is 0 Å². The third-order valence-corrected chi connectivity index (χ3v) is 1.11. The molecule has 0 aliphatic carbocycles. The molecule has 0 radical (unpaired) electrons. The third-order valence-electron chi connectivity index (χ3n) is 1.11. The monoisotopic (exact) mass is 110 g/mol. The van der Waals surface area contributed by atoms with Crippen LogP contribution in [0.15, 0.2) is 24.5 Å². The van der Waals surface area contributed by atoms with Gasteiger partial charge in [0.2, 0.25) is 0 Å². The van der Waals surface area contributed by atoms with Gasteiger partial charge in [0.05, 0.1) is 6.26 Å². The Morgan fingerprint density at radius 1 is 1.50 bits per heavy atom. The second-order valence-electron chi connectivity index (χ2n) is 1.95. The fourth-order valence-corrected chi connectivity index (χ4v) is 0.625. The van der Waals surface area contributed by atoms with Gasteiger partial charge in [-0.05, 0) is 12.0 Å². The zero-order chi connectivity index (χ0) is 5.82. The molecular weight excluding hydrogens is 100 g/mol. The second kappa shape index (κ2) is 2.55. The van der Waals surface area contributed by atoms with E-state index in [0.29, 0.717) is 5.92 Å². The van der Waals surface area contributed by atoms with Crippen LogP contribution in [-0.2, 0) is 4.74 Å². The van der Waals surface area contributed by atoms with Crippen molar-refractivity contribution in [3.8, 4) is 0 Å². The van der Waals surface area contributed by atoms with Gasteiger partial charge in [-0.3, -0.25) is 0 Å². The van der Waals surface area contributed by atoms with E-state index in [4.69, 9.17) is 4.74 Å². The molecule has 0 bridgehead atoms. The van der Waals surface area contributed by atoms with Crippen molar-refractivity contribution >= 4 is 0 Å². The number of rotatable bonds is 0. The average Bonchev–Trinajstić information content (AvgIpc) is 1.94. The van der Waals surface area contributed by atoms with Crippen molar-refractivity contribution in [1.82, 2.24) is 0 Å². The molecule has 44 valence electrons. The summed E-state index contributed by atoms with van der Waals surface area (Å²) < 4.78 is 5.00. The molecule has 1 unspecified atom stereocenters.